The highest BCUT2D eigenvalue weighted by molar-refractivity contribution is 5.97. The van der Waals surface area contributed by atoms with Gasteiger partial charge in [-0.2, -0.15) is 10.5 Å². The standard InChI is InChI=1S/C29H34N4O2.C23H25N3O.C6H9NO/c1-3-32(29(34)31-21-8-5-6-9-21)22-14-12-20(13-15-22)28-26(19-30)25-17-16-24(35-4-2)18-27(25)33(28)23-10-7-11-23;1-3-25-17-10-8-16(9-11-17)23-21(15-24)20-13-12-19(27-4-2)14-22(20)26(23)18-6-5-7-18;8-5-7-6-3-1-2-4-6/h12-18,21,23H,3-11H2,1-2H3,(H,31,34);8-14,18,25H,3-7H2,1-2H3;6H,1-4H2. The number of nitriles is 2. The molecule has 0 spiro atoms. The molecule has 0 radical (unpaired) electrons. The lowest BCUT2D eigenvalue weighted by molar-refractivity contribution is 0.243. The number of benzene rings is 4. The van der Waals surface area contributed by atoms with Gasteiger partial charge in [-0.15, -0.1) is 0 Å². The highest BCUT2D eigenvalue weighted by atomic mass is 16.5. The van der Waals surface area contributed by atoms with E-state index in [0.29, 0.717) is 43.4 Å². The second-order valence-electron chi connectivity index (χ2n) is 18.8. The smallest absolute Gasteiger partial charge is 0.322 e. The minimum absolute atomic E-state index is 0.0306. The summed E-state index contributed by atoms with van der Waals surface area (Å²) >= 11 is 0. The average Bonchev–Trinajstić information content (AvgIpc) is 4.17. The Balaban J connectivity index is 0.000000166. The van der Waals surface area contributed by atoms with Gasteiger partial charge in [0, 0.05) is 65.5 Å². The van der Waals surface area contributed by atoms with Crippen molar-refractivity contribution in [3.05, 3.63) is 96.1 Å². The summed E-state index contributed by atoms with van der Waals surface area (Å²) in [5.41, 5.74) is 9.69. The largest absolute Gasteiger partial charge is 0.494 e. The monoisotopic (exact) mass is 941 g/mol. The first-order valence-electron chi connectivity index (χ1n) is 25.9. The molecule has 0 aliphatic heterocycles. The summed E-state index contributed by atoms with van der Waals surface area (Å²) in [6, 6.07) is 35.0. The summed E-state index contributed by atoms with van der Waals surface area (Å²) < 4.78 is 16.2. The lowest BCUT2D eigenvalue weighted by Gasteiger charge is -2.30. The van der Waals surface area contributed by atoms with Crippen LogP contribution in [-0.2, 0) is 4.79 Å². The van der Waals surface area contributed by atoms with E-state index in [0.717, 1.165) is 131 Å². The summed E-state index contributed by atoms with van der Waals surface area (Å²) in [5.74, 6) is 1.69. The van der Waals surface area contributed by atoms with Crippen LogP contribution >= 0.6 is 0 Å². The van der Waals surface area contributed by atoms with E-state index in [2.05, 4.69) is 92.4 Å². The molecular weight excluding hydrogens is 873 g/mol. The third-order valence-corrected chi connectivity index (χ3v) is 14.5. The molecule has 2 N–H and O–H groups in total. The third-order valence-electron chi connectivity index (χ3n) is 14.5. The fraction of sp³-hybridized carbons (Fsp3) is 0.448. The first kappa shape index (κ1) is 49.4. The maximum Gasteiger partial charge on any atom is 0.322 e. The quantitative estimate of drug-likeness (QED) is 0.0815. The molecule has 12 nitrogen and oxygen atoms in total. The van der Waals surface area contributed by atoms with Gasteiger partial charge < -0.3 is 29.2 Å². The van der Waals surface area contributed by atoms with Crippen LogP contribution in [0, 0.1) is 22.7 Å². The first-order chi connectivity index (χ1) is 34.3. The normalized spacial score (nSPS) is 15.8. The molecular formula is C58H68N8O4. The fourth-order valence-corrected chi connectivity index (χ4v) is 10.6. The second kappa shape index (κ2) is 23.5. The summed E-state index contributed by atoms with van der Waals surface area (Å²) in [7, 11) is 0. The van der Waals surface area contributed by atoms with Crippen LogP contribution in [0.2, 0.25) is 0 Å². The number of fused-ring (bicyclic) bond motifs is 2. The van der Waals surface area contributed by atoms with Crippen molar-refractivity contribution in [3.8, 4) is 46.2 Å². The molecule has 70 heavy (non-hydrogen) atoms. The number of anilines is 2. The summed E-state index contributed by atoms with van der Waals surface area (Å²) in [4.78, 5) is 28.0. The number of ether oxygens (including phenoxy) is 2. The van der Waals surface area contributed by atoms with Crippen molar-refractivity contribution in [2.75, 3.05) is 36.5 Å². The topological polar surface area (TPSA) is 150 Å². The lowest BCUT2D eigenvalue weighted by Crippen LogP contribution is -2.44. The van der Waals surface area contributed by atoms with Crippen LogP contribution in [-0.4, -0.2) is 59.6 Å². The van der Waals surface area contributed by atoms with E-state index in [-0.39, 0.29) is 12.1 Å². The number of aliphatic imine (C=N–C) groups is 1. The molecule has 0 saturated heterocycles. The molecule has 0 unspecified atom stereocenters. The molecule has 0 bridgehead atoms. The van der Waals surface area contributed by atoms with Gasteiger partial charge in [0.15, 0.2) is 0 Å². The molecule has 0 atom stereocenters. The van der Waals surface area contributed by atoms with Gasteiger partial charge in [-0.05, 0) is 152 Å². The summed E-state index contributed by atoms with van der Waals surface area (Å²) in [6.07, 6.45) is 17.7. The van der Waals surface area contributed by atoms with Crippen molar-refractivity contribution in [3.63, 3.8) is 0 Å². The van der Waals surface area contributed by atoms with Crippen LogP contribution in [0.25, 0.3) is 44.3 Å². The van der Waals surface area contributed by atoms with Gasteiger partial charge in [-0.3, -0.25) is 4.90 Å². The van der Waals surface area contributed by atoms with E-state index < -0.39 is 0 Å². The number of nitrogens with zero attached hydrogens (tertiary/aromatic N) is 6. The molecule has 12 heteroatoms. The maximum absolute atomic E-state index is 12.9. The Morgan fingerprint density at radius 2 is 1.14 bits per heavy atom. The number of carbonyl (C=O) groups excluding carboxylic acids is 2. The van der Waals surface area contributed by atoms with Crippen LogP contribution in [0.5, 0.6) is 11.5 Å². The number of hydrogen-bond donors (Lipinski definition) is 2. The highest BCUT2D eigenvalue weighted by Gasteiger charge is 2.30. The van der Waals surface area contributed by atoms with Gasteiger partial charge in [0.1, 0.15) is 23.6 Å². The van der Waals surface area contributed by atoms with E-state index >= 15 is 0 Å². The number of aromatic nitrogens is 2. The van der Waals surface area contributed by atoms with Crippen molar-refractivity contribution < 1.29 is 19.1 Å². The lowest BCUT2D eigenvalue weighted by atomic mass is 9.92. The zero-order valence-corrected chi connectivity index (χ0v) is 41.4. The molecule has 4 aliphatic carbocycles. The number of amides is 2. The summed E-state index contributed by atoms with van der Waals surface area (Å²) in [5, 5.41) is 28.6. The highest BCUT2D eigenvalue weighted by Crippen LogP contribution is 2.45. The number of urea groups is 1. The Bertz CT molecular complexity index is 2860. The number of isocyanates is 1. The predicted octanol–water partition coefficient (Wildman–Crippen LogP) is 13.8. The van der Waals surface area contributed by atoms with Crippen LogP contribution < -0.4 is 25.0 Å². The maximum atomic E-state index is 12.9. The fourth-order valence-electron chi connectivity index (χ4n) is 10.6. The van der Waals surface area contributed by atoms with Gasteiger partial charge in [-0.1, -0.05) is 49.9 Å². The predicted molar refractivity (Wildman–Crippen MR) is 281 cm³/mol. The molecule has 10 rings (SSSR count). The number of nitrogens with one attached hydrogen (secondary N) is 2. The van der Waals surface area contributed by atoms with Gasteiger partial charge >= 0.3 is 6.03 Å². The van der Waals surface area contributed by atoms with Crippen molar-refractivity contribution in [2.45, 2.75) is 142 Å². The number of hydrogen-bond acceptors (Lipinski definition) is 8. The molecule has 364 valence electrons. The zero-order chi connectivity index (χ0) is 49.0. The Morgan fingerprint density at radius 1 is 0.657 bits per heavy atom. The second-order valence-corrected chi connectivity index (χ2v) is 18.8. The van der Waals surface area contributed by atoms with Gasteiger partial charge in [0.25, 0.3) is 0 Å². The van der Waals surface area contributed by atoms with E-state index in [9.17, 15) is 20.1 Å². The first-order valence-corrected chi connectivity index (χ1v) is 25.9. The molecule has 6 aromatic rings. The molecule has 2 aromatic heterocycles. The van der Waals surface area contributed by atoms with Crippen LogP contribution in [0.15, 0.2) is 89.9 Å². The van der Waals surface area contributed by atoms with Crippen LogP contribution in [0.4, 0.5) is 16.2 Å². The minimum atomic E-state index is -0.0306. The van der Waals surface area contributed by atoms with Crippen molar-refractivity contribution in [2.24, 2.45) is 4.99 Å². The average molecular weight is 941 g/mol. The van der Waals surface area contributed by atoms with Crippen LogP contribution in [0.3, 0.4) is 0 Å². The number of carbonyl (C=O) groups is 1. The van der Waals surface area contributed by atoms with E-state index in [4.69, 9.17) is 9.47 Å². The van der Waals surface area contributed by atoms with E-state index in [1.807, 2.05) is 57.2 Å². The molecule has 4 aromatic carbocycles. The van der Waals surface area contributed by atoms with Crippen molar-refractivity contribution >= 4 is 45.3 Å². The molecule has 4 aliphatic rings. The Hall–Kier alpha value is -7.01. The van der Waals surface area contributed by atoms with Crippen LogP contribution in [0.1, 0.15) is 141 Å². The molecule has 4 saturated carbocycles. The zero-order valence-electron chi connectivity index (χ0n) is 41.4. The number of rotatable bonds is 14. The summed E-state index contributed by atoms with van der Waals surface area (Å²) in [6.45, 7) is 10.8. The molecule has 2 amide bonds. The van der Waals surface area contributed by atoms with E-state index in [1.54, 1.807) is 11.0 Å². The third kappa shape index (κ3) is 10.7. The van der Waals surface area contributed by atoms with Gasteiger partial charge in [0.05, 0.1) is 52.8 Å². The van der Waals surface area contributed by atoms with Gasteiger partial charge in [0.2, 0.25) is 6.08 Å². The Labute approximate surface area is 413 Å². The molecule has 2 heterocycles. The van der Waals surface area contributed by atoms with Crippen molar-refractivity contribution in [1.82, 2.24) is 14.5 Å². The molecule has 4 fully saturated rings. The minimum Gasteiger partial charge on any atom is -0.494 e. The van der Waals surface area contributed by atoms with Crippen molar-refractivity contribution in [1.29, 1.82) is 10.5 Å². The van der Waals surface area contributed by atoms with E-state index in [1.165, 1.54) is 38.5 Å². The Kier molecular flexibility index (Phi) is 16.6. The SMILES string of the molecule is CCNc1ccc(-c2c(C#N)c3ccc(OCC)cc3n2C2CCC2)cc1.CCOc1ccc2c(C#N)c(-c3ccc(N(CC)C(=O)NC4CCCC4)cc3)n(C3CCC3)c2c1.O=C=NC1CCCC1. The Morgan fingerprint density at radius 3 is 1.56 bits per heavy atom. The van der Waals surface area contributed by atoms with Gasteiger partial charge in [-0.25, -0.2) is 14.6 Å².